The van der Waals surface area contributed by atoms with Crippen LogP contribution in [-0.2, 0) is 21.4 Å². The summed E-state index contributed by atoms with van der Waals surface area (Å²) in [5.41, 5.74) is 12.5. The Labute approximate surface area is 184 Å². The zero-order valence-electron chi connectivity index (χ0n) is 16.5. The molecular formula is C20H20ClN5O4S. The van der Waals surface area contributed by atoms with Gasteiger partial charge in [0.25, 0.3) is 0 Å². The van der Waals surface area contributed by atoms with Gasteiger partial charge in [0, 0.05) is 23.5 Å². The van der Waals surface area contributed by atoms with Gasteiger partial charge in [-0.05, 0) is 24.6 Å². The van der Waals surface area contributed by atoms with Crippen molar-refractivity contribution in [1.29, 1.82) is 0 Å². The quantitative estimate of drug-likeness (QED) is 0.360. The van der Waals surface area contributed by atoms with Gasteiger partial charge in [0.2, 0.25) is 10.0 Å². The first-order valence-electron chi connectivity index (χ1n) is 9.03. The molecule has 1 aromatic heterocycles. The minimum absolute atomic E-state index is 0.0970. The Morgan fingerprint density at radius 3 is 2.45 bits per heavy atom. The largest absolute Gasteiger partial charge is 0.480 e. The van der Waals surface area contributed by atoms with E-state index in [0.29, 0.717) is 16.3 Å². The van der Waals surface area contributed by atoms with Crippen LogP contribution < -0.4 is 11.5 Å². The number of carboxylic acids is 1. The van der Waals surface area contributed by atoms with Crippen LogP contribution in [0.5, 0.6) is 0 Å². The zero-order chi connectivity index (χ0) is 22.8. The van der Waals surface area contributed by atoms with Crippen molar-refractivity contribution in [3.8, 4) is 0 Å². The molecule has 0 atom stereocenters. The number of hydrogen-bond acceptors (Lipinski definition) is 5. The SMILES string of the molecule is Cc1ccc(CN(CC(=O)O)S(=O)(=O)c2ccc3c(Cl)cnc(N=C(N)N)c3c2)cc1. The second-order valence-electron chi connectivity index (χ2n) is 6.83. The number of halogens is 1. The Balaban J connectivity index is 2.11. The van der Waals surface area contributed by atoms with Crippen molar-refractivity contribution < 1.29 is 18.3 Å². The highest BCUT2D eigenvalue weighted by Gasteiger charge is 2.27. The van der Waals surface area contributed by atoms with Gasteiger partial charge in [0.15, 0.2) is 11.8 Å². The van der Waals surface area contributed by atoms with E-state index in [-0.39, 0.29) is 28.2 Å². The molecule has 0 aliphatic heterocycles. The van der Waals surface area contributed by atoms with E-state index in [1.165, 1.54) is 24.4 Å². The Hall–Kier alpha value is -3.21. The summed E-state index contributed by atoms with van der Waals surface area (Å²) in [5, 5.41) is 10.4. The molecule has 0 unspecified atom stereocenters. The fraction of sp³-hybridized carbons (Fsp3) is 0.150. The Morgan fingerprint density at radius 1 is 1.16 bits per heavy atom. The highest BCUT2D eigenvalue weighted by molar-refractivity contribution is 7.89. The van der Waals surface area contributed by atoms with E-state index in [2.05, 4.69) is 9.98 Å². The molecule has 5 N–H and O–H groups in total. The van der Waals surface area contributed by atoms with Crippen molar-refractivity contribution >= 4 is 50.1 Å². The van der Waals surface area contributed by atoms with Crippen molar-refractivity contribution in [3.05, 3.63) is 64.8 Å². The highest BCUT2D eigenvalue weighted by Crippen LogP contribution is 2.32. The highest BCUT2D eigenvalue weighted by atomic mass is 35.5. The third-order valence-corrected chi connectivity index (χ3v) is 6.54. The number of rotatable bonds is 7. The molecule has 0 amide bonds. The van der Waals surface area contributed by atoms with Gasteiger partial charge in [-0.2, -0.15) is 9.30 Å². The molecule has 0 saturated carbocycles. The number of fused-ring (bicyclic) bond motifs is 1. The molecule has 162 valence electrons. The summed E-state index contributed by atoms with van der Waals surface area (Å²) in [5.74, 6) is -1.43. The number of pyridine rings is 1. The summed E-state index contributed by atoms with van der Waals surface area (Å²) in [6.07, 6.45) is 1.36. The summed E-state index contributed by atoms with van der Waals surface area (Å²) < 4.78 is 27.5. The second kappa shape index (κ2) is 8.88. The van der Waals surface area contributed by atoms with E-state index in [1.807, 2.05) is 19.1 Å². The number of aryl methyl sites for hydroxylation is 1. The summed E-state index contributed by atoms with van der Waals surface area (Å²) in [6, 6.07) is 11.3. The number of nitrogens with zero attached hydrogens (tertiary/aromatic N) is 3. The summed E-state index contributed by atoms with van der Waals surface area (Å²) in [6.45, 7) is 1.09. The molecule has 31 heavy (non-hydrogen) atoms. The van der Waals surface area contributed by atoms with Crippen molar-refractivity contribution in [2.24, 2.45) is 16.5 Å². The van der Waals surface area contributed by atoms with Crippen molar-refractivity contribution in [3.63, 3.8) is 0 Å². The minimum Gasteiger partial charge on any atom is -0.480 e. The van der Waals surface area contributed by atoms with Crippen molar-refractivity contribution in [2.75, 3.05) is 6.54 Å². The van der Waals surface area contributed by atoms with Crippen LogP contribution in [0.15, 0.2) is 58.5 Å². The van der Waals surface area contributed by atoms with E-state index in [1.54, 1.807) is 12.1 Å². The van der Waals surface area contributed by atoms with Gasteiger partial charge in [0.05, 0.1) is 9.92 Å². The lowest BCUT2D eigenvalue weighted by atomic mass is 10.1. The monoisotopic (exact) mass is 461 g/mol. The van der Waals surface area contributed by atoms with Gasteiger partial charge >= 0.3 is 5.97 Å². The van der Waals surface area contributed by atoms with Crippen molar-refractivity contribution in [1.82, 2.24) is 9.29 Å². The first-order chi connectivity index (χ1) is 14.6. The Bertz CT molecular complexity index is 1270. The normalized spacial score (nSPS) is 11.6. The third kappa shape index (κ3) is 5.10. The first kappa shape index (κ1) is 22.5. The molecule has 11 heteroatoms. The van der Waals surface area contributed by atoms with Crippen LogP contribution in [0.2, 0.25) is 5.02 Å². The van der Waals surface area contributed by atoms with E-state index in [4.69, 9.17) is 23.1 Å². The van der Waals surface area contributed by atoms with E-state index in [0.717, 1.165) is 9.87 Å². The van der Waals surface area contributed by atoms with E-state index in [9.17, 15) is 18.3 Å². The van der Waals surface area contributed by atoms with Crippen LogP contribution in [0.1, 0.15) is 11.1 Å². The molecule has 2 aromatic carbocycles. The standard InChI is InChI=1S/C20H20ClN5O4S/c1-12-2-4-13(5-3-12)10-26(11-18(27)28)31(29,30)14-6-7-15-16(8-14)19(25-20(22)23)24-9-17(15)21/h2-9H,10-11H2,1H3,(H,27,28)(H4,22,23,24,25). The van der Waals surface area contributed by atoms with E-state index < -0.39 is 22.5 Å². The minimum atomic E-state index is -4.18. The molecule has 0 bridgehead atoms. The van der Waals surface area contributed by atoms with Crippen LogP contribution in [0.3, 0.4) is 0 Å². The molecule has 1 heterocycles. The number of hydrogen-bond donors (Lipinski definition) is 3. The molecule has 0 aliphatic carbocycles. The third-order valence-electron chi connectivity index (χ3n) is 4.45. The topological polar surface area (TPSA) is 152 Å². The fourth-order valence-corrected chi connectivity index (χ4v) is 4.59. The van der Waals surface area contributed by atoms with Crippen LogP contribution in [-0.4, -0.2) is 41.3 Å². The van der Waals surface area contributed by atoms with Crippen LogP contribution in [0.25, 0.3) is 10.8 Å². The maximum Gasteiger partial charge on any atom is 0.318 e. The average molecular weight is 462 g/mol. The first-order valence-corrected chi connectivity index (χ1v) is 10.8. The number of nitrogens with two attached hydrogens (primary N) is 2. The number of aliphatic carboxylic acids is 1. The molecule has 0 saturated heterocycles. The number of carboxylic acid groups (broad SMARTS) is 1. The Morgan fingerprint density at radius 2 is 1.84 bits per heavy atom. The van der Waals surface area contributed by atoms with Gasteiger partial charge in [-0.15, -0.1) is 0 Å². The lowest BCUT2D eigenvalue weighted by molar-refractivity contribution is -0.137. The summed E-state index contributed by atoms with van der Waals surface area (Å²) >= 11 is 6.17. The molecule has 0 fully saturated rings. The molecule has 3 aromatic rings. The predicted octanol–water partition coefficient (Wildman–Crippen LogP) is 2.38. The number of guanidine groups is 1. The Kier molecular flexibility index (Phi) is 6.44. The van der Waals surface area contributed by atoms with Gasteiger partial charge in [0.1, 0.15) is 6.54 Å². The fourth-order valence-electron chi connectivity index (χ4n) is 2.97. The predicted molar refractivity (Wildman–Crippen MR) is 119 cm³/mol. The number of carbonyl (C=O) groups is 1. The molecule has 0 aliphatic rings. The maximum absolute atomic E-state index is 13.3. The molecule has 0 spiro atoms. The molecule has 3 rings (SSSR count). The lowest BCUT2D eigenvalue weighted by Crippen LogP contribution is -2.35. The maximum atomic E-state index is 13.3. The summed E-state index contributed by atoms with van der Waals surface area (Å²) in [4.78, 5) is 19.2. The smallest absolute Gasteiger partial charge is 0.318 e. The van der Waals surface area contributed by atoms with E-state index >= 15 is 0 Å². The second-order valence-corrected chi connectivity index (χ2v) is 9.17. The van der Waals surface area contributed by atoms with Gasteiger partial charge < -0.3 is 16.6 Å². The lowest BCUT2D eigenvalue weighted by Gasteiger charge is -2.21. The summed E-state index contributed by atoms with van der Waals surface area (Å²) in [7, 11) is -4.18. The number of sulfonamides is 1. The molecular weight excluding hydrogens is 442 g/mol. The van der Waals surface area contributed by atoms with Crippen LogP contribution in [0.4, 0.5) is 5.82 Å². The number of aromatic nitrogens is 1. The molecule has 9 nitrogen and oxygen atoms in total. The van der Waals surface area contributed by atoms with Gasteiger partial charge in [-0.3, -0.25) is 4.79 Å². The van der Waals surface area contributed by atoms with Gasteiger partial charge in [-0.1, -0.05) is 47.5 Å². The van der Waals surface area contributed by atoms with Gasteiger partial charge in [-0.25, -0.2) is 13.4 Å². The molecule has 0 radical (unpaired) electrons. The average Bonchev–Trinajstić information content (AvgIpc) is 2.70. The number of aliphatic imine (C=N–C) groups is 1. The van der Waals surface area contributed by atoms with Crippen molar-refractivity contribution in [2.45, 2.75) is 18.4 Å². The number of benzene rings is 2. The van der Waals surface area contributed by atoms with Crippen LogP contribution in [0, 0.1) is 6.92 Å². The zero-order valence-corrected chi connectivity index (χ0v) is 18.1. The van der Waals surface area contributed by atoms with Crippen LogP contribution >= 0.6 is 11.6 Å².